The number of rotatable bonds is 8. The molecule has 31 heavy (non-hydrogen) atoms. The van der Waals surface area contributed by atoms with E-state index in [1.165, 1.54) is 0 Å². The number of hydrogen-bond donors (Lipinski definition) is 2. The maximum Gasteiger partial charge on any atom is 0.243 e. The van der Waals surface area contributed by atoms with E-state index < -0.39 is 0 Å². The Morgan fingerprint density at radius 1 is 0.903 bits per heavy atom. The van der Waals surface area contributed by atoms with Gasteiger partial charge in [0.2, 0.25) is 11.8 Å². The van der Waals surface area contributed by atoms with E-state index in [4.69, 9.17) is 11.6 Å². The van der Waals surface area contributed by atoms with Crippen LogP contribution in [0.2, 0.25) is 5.02 Å². The van der Waals surface area contributed by atoms with Crippen LogP contribution in [0, 0.1) is 13.8 Å². The smallest absolute Gasteiger partial charge is 0.243 e. The van der Waals surface area contributed by atoms with Gasteiger partial charge in [-0.25, -0.2) is 0 Å². The molecule has 3 aromatic rings. The standard InChI is InChI=1S/C25H26ClN3O2/c1-18-8-6-11-21(14-18)29(16-20-9-4-3-5-10-20)17-25(31)27-15-24(30)28-23-13-7-12-22(26)19(23)2/h3-14H,15-17H2,1-2H3,(H,27,31)(H,28,30). The van der Waals surface area contributed by atoms with E-state index >= 15 is 0 Å². The summed E-state index contributed by atoms with van der Waals surface area (Å²) in [7, 11) is 0. The molecule has 0 fully saturated rings. The van der Waals surface area contributed by atoms with Gasteiger partial charge in [0.15, 0.2) is 0 Å². The van der Waals surface area contributed by atoms with Gasteiger partial charge >= 0.3 is 0 Å². The Hall–Kier alpha value is -3.31. The van der Waals surface area contributed by atoms with Crippen LogP contribution < -0.4 is 15.5 Å². The first-order valence-electron chi connectivity index (χ1n) is 10.1. The Morgan fingerprint density at radius 3 is 2.39 bits per heavy atom. The summed E-state index contributed by atoms with van der Waals surface area (Å²) in [5, 5.41) is 6.08. The second-order valence-corrected chi connectivity index (χ2v) is 7.83. The zero-order valence-corrected chi connectivity index (χ0v) is 18.4. The highest BCUT2D eigenvalue weighted by Gasteiger charge is 2.14. The van der Waals surface area contributed by atoms with Gasteiger partial charge in [0, 0.05) is 22.9 Å². The zero-order valence-electron chi connectivity index (χ0n) is 17.7. The first kappa shape index (κ1) is 22.4. The minimum Gasteiger partial charge on any atom is -0.358 e. The fourth-order valence-corrected chi connectivity index (χ4v) is 3.39. The molecule has 0 unspecified atom stereocenters. The maximum absolute atomic E-state index is 12.6. The van der Waals surface area contributed by atoms with Crippen molar-refractivity contribution in [3.63, 3.8) is 0 Å². The normalized spacial score (nSPS) is 10.4. The summed E-state index contributed by atoms with van der Waals surface area (Å²) in [6.07, 6.45) is 0. The molecule has 0 saturated heterocycles. The van der Waals surface area contributed by atoms with Gasteiger partial charge in [-0.05, 0) is 54.8 Å². The molecule has 0 aliphatic carbocycles. The number of carbonyl (C=O) groups is 2. The minimum absolute atomic E-state index is 0.113. The van der Waals surface area contributed by atoms with Crippen LogP contribution in [0.1, 0.15) is 16.7 Å². The van der Waals surface area contributed by atoms with Crippen LogP contribution in [-0.4, -0.2) is 24.9 Å². The summed E-state index contributed by atoms with van der Waals surface area (Å²) in [4.78, 5) is 26.9. The molecule has 6 heteroatoms. The Labute approximate surface area is 188 Å². The number of nitrogens with zero attached hydrogens (tertiary/aromatic N) is 1. The Bertz CT molecular complexity index is 1050. The van der Waals surface area contributed by atoms with Crippen molar-refractivity contribution < 1.29 is 9.59 Å². The molecular formula is C25H26ClN3O2. The van der Waals surface area contributed by atoms with Crippen molar-refractivity contribution in [3.05, 3.63) is 94.5 Å². The van der Waals surface area contributed by atoms with Gasteiger partial charge in [-0.2, -0.15) is 0 Å². The first-order chi connectivity index (χ1) is 14.9. The summed E-state index contributed by atoms with van der Waals surface area (Å²) in [6, 6.07) is 23.3. The summed E-state index contributed by atoms with van der Waals surface area (Å²) in [5.74, 6) is -0.528. The van der Waals surface area contributed by atoms with E-state index in [2.05, 4.69) is 10.6 Å². The third kappa shape index (κ3) is 6.59. The third-order valence-electron chi connectivity index (χ3n) is 4.91. The topological polar surface area (TPSA) is 61.4 Å². The van der Waals surface area contributed by atoms with E-state index in [1.54, 1.807) is 18.2 Å². The van der Waals surface area contributed by atoms with Crippen LogP contribution in [0.3, 0.4) is 0 Å². The lowest BCUT2D eigenvalue weighted by atomic mass is 10.1. The number of carbonyl (C=O) groups excluding carboxylic acids is 2. The van der Waals surface area contributed by atoms with E-state index in [9.17, 15) is 9.59 Å². The van der Waals surface area contributed by atoms with E-state index in [-0.39, 0.29) is 24.9 Å². The second-order valence-electron chi connectivity index (χ2n) is 7.42. The molecule has 0 radical (unpaired) electrons. The van der Waals surface area contributed by atoms with Crippen molar-refractivity contribution in [3.8, 4) is 0 Å². The highest BCUT2D eigenvalue weighted by Crippen LogP contribution is 2.22. The number of nitrogens with one attached hydrogen (secondary N) is 2. The first-order valence-corrected chi connectivity index (χ1v) is 10.5. The largest absolute Gasteiger partial charge is 0.358 e. The molecule has 3 rings (SSSR count). The molecule has 0 saturated carbocycles. The van der Waals surface area contributed by atoms with Gasteiger partial charge in [-0.1, -0.05) is 60.1 Å². The minimum atomic E-state index is -0.302. The molecule has 0 atom stereocenters. The van der Waals surface area contributed by atoms with Crippen molar-refractivity contribution in [2.75, 3.05) is 23.3 Å². The molecule has 3 aromatic carbocycles. The molecule has 2 amide bonds. The van der Waals surface area contributed by atoms with Crippen molar-refractivity contribution in [1.29, 1.82) is 0 Å². The number of hydrogen-bond acceptors (Lipinski definition) is 3. The van der Waals surface area contributed by atoms with Crippen LogP contribution in [0.15, 0.2) is 72.8 Å². The van der Waals surface area contributed by atoms with Crippen LogP contribution in [0.5, 0.6) is 0 Å². The quantitative estimate of drug-likeness (QED) is 0.538. The lowest BCUT2D eigenvalue weighted by Crippen LogP contribution is -2.40. The summed E-state index contributed by atoms with van der Waals surface area (Å²) in [6.45, 7) is 4.47. The molecule has 0 bridgehead atoms. The van der Waals surface area contributed by atoms with Crippen molar-refractivity contribution in [2.24, 2.45) is 0 Å². The van der Waals surface area contributed by atoms with Crippen molar-refractivity contribution in [2.45, 2.75) is 20.4 Å². The Morgan fingerprint density at radius 2 is 1.65 bits per heavy atom. The average molecular weight is 436 g/mol. The van der Waals surface area contributed by atoms with Crippen LogP contribution >= 0.6 is 11.6 Å². The molecule has 0 aromatic heterocycles. The van der Waals surface area contributed by atoms with E-state index in [0.717, 1.165) is 22.4 Å². The van der Waals surface area contributed by atoms with Gasteiger partial charge in [0.1, 0.15) is 0 Å². The predicted molar refractivity (Wildman–Crippen MR) is 126 cm³/mol. The number of aryl methyl sites for hydroxylation is 1. The number of amides is 2. The van der Waals surface area contributed by atoms with Gasteiger partial charge in [-0.3, -0.25) is 9.59 Å². The molecule has 2 N–H and O–H groups in total. The van der Waals surface area contributed by atoms with E-state index in [1.807, 2.05) is 73.3 Å². The zero-order chi connectivity index (χ0) is 22.2. The lowest BCUT2D eigenvalue weighted by molar-refractivity contribution is -0.123. The number of halogens is 1. The number of benzene rings is 3. The summed E-state index contributed by atoms with van der Waals surface area (Å²) < 4.78 is 0. The van der Waals surface area contributed by atoms with Crippen LogP contribution in [0.4, 0.5) is 11.4 Å². The monoisotopic (exact) mass is 435 g/mol. The molecule has 0 heterocycles. The fourth-order valence-electron chi connectivity index (χ4n) is 3.21. The van der Waals surface area contributed by atoms with Crippen LogP contribution in [-0.2, 0) is 16.1 Å². The Kier molecular flexibility index (Phi) is 7.68. The average Bonchev–Trinajstić information content (AvgIpc) is 2.76. The predicted octanol–water partition coefficient (Wildman–Crippen LogP) is 4.72. The van der Waals surface area contributed by atoms with Gasteiger partial charge in [-0.15, -0.1) is 0 Å². The molecule has 5 nitrogen and oxygen atoms in total. The summed E-state index contributed by atoms with van der Waals surface area (Å²) >= 11 is 6.09. The maximum atomic E-state index is 12.6. The third-order valence-corrected chi connectivity index (χ3v) is 5.31. The Balaban J connectivity index is 1.62. The highest BCUT2D eigenvalue weighted by molar-refractivity contribution is 6.31. The lowest BCUT2D eigenvalue weighted by Gasteiger charge is -2.25. The van der Waals surface area contributed by atoms with E-state index in [0.29, 0.717) is 17.3 Å². The summed E-state index contributed by atoms with van der Waals surface area (Å²) in [5.41, 5.74) is 4.60. The highest BCUT2D eigenvalue weighted by atomic mass is 35.5. The van der Waals surface area contributed by atoms with Gasteiger partial charge < -0.3 is 15.5 Å². The second kappa shape index (κ2) is 10.6. The molecule has 0 spiro atoms. The molecule has 0 aliphatic rings. The molecule has 0 aliphatic heterocycles. The van der Waals surface area contributed by atoms with Crippen molar-refractivity contribution >= 4 is 34.8 Å². The van der Waals surface area contributed by atoms with Gasteiger partial charge in [0.05, 0.1) is 13.1 Å². The molecule has 160 valence electrons. The SMILES string of the molecule is Cc1cccc(N(CC(=O)NCC(=O)Nc2cccc(Cl)c2C)Cc2ccccc2)c1. The van der Waals surface area contributed by atoms with Crippen molar-refractivity contribution in [1.82, 2.24) is 5.32 Å². The molecular weight excluding hydrogens is 410 g/mol. The number of anilines is 2. The van der Waals surface area contributed by atoms with Crippen LogP contribution in [0.25, 0.3) is 0 Å². The fraction of sp³-hybridized carbons (Fsp3) is 0.200. The van der Waals surface area contributed by atoms with Gasteiger partial charge in [0.25, 0.3) is 0 Å².